The van der Waals surface area contributed by atoms with E-state index < -0.39 is 5.54 Å². The predicted octanol–water partition coefficient (Wildman–Crippen LogP) is 1.03. The monoisotopic (exact) mass is 217 g/mol. The van der Waals surface area contributed by atoms with Crippen molar-refractivity contribution in [3.05, 3.63) is 35.4 Å². The SMILES string of the molecule is CC(C)(CN)NC(=O)c1cccc(C#N)c1. The second-order valence-corrected chi connectivity index (χ2v) is 4.23. The molecule has 0 heterocycles. The van der Waals surface area contributed by atoms with Crippen molar-refractivity contribution in [2.24, 2.45) is 5.73 Å². The zero-order valence-corrected chi connectivity index (χ0v) is 9.45. The first-order valence-corrected chi connectivity index (χ1v) is 5.01. The molecule has 0 saturated heterocycles. The highest BCUT2D eigenvalue weighted by atomic mass is 16.1. The van der Waals surface area contributed by atoms with Crippen LogP contribution in [0.25, 0.3) is 0 Å². The van der Waals surface area contributed by atoms with Crippen LogP contribution in [0.2, 0.25) is 0 Å². The van der Waals surface area contributed by atoms with E-state index in [0.717, 1.165) is 0 Å². The largest absolute Gasteiger partial charge is 0.346 e. The fraction of sp³-hybridized carbons (Fsp3) is 0.333. The van der Waals surface area contributed by atoms with Gasteiger partial charge >= 0.3 is 0 Å². The van der Waals surface area contributed by atoms with Gasteiger partial charge in [-0.1, -0.05) is 6.07 Å². The molecule has 0 saturated carbocycles. The molecule has 84 valence electrons. The molecule has 0 fully saturated rings. The van der Waals surface area contributed by atoms with Gasteiger partial charge in [-0.3, -0.25) is 4.79 Å². The highest BCUT2D eigenvalue weighted by Gasteiger charge is 2.19. The number of nitrogens with two attached hydrogens (primary N) is 1. The normalized spacial score (nSPS) is 10.6. The van der Waals surface area contributed by atoms with E-state index in [1.165, 1.54) is 0 Å². The Morgan fingerprint density at radius 3 is 2.81 bits per heavy atom. The van der Waals surface area contributed by atoms with Crippen LogP contribution in [0.5, 0.6) is 0 Å². The Hall–Kier alpha value is -1.86. The minimum atomic E-state index is -0.445. The first kappa shape index (κ1) is 12.2. The van der Waals surface area contributed by atoms with Gasteiger partial charge in [0.1, 0.15) is 0 Å². The molecule has 1 aromatic carbocycles. The zero-order chi connectivity index (χ0) is 12.2. The number of nitrogens with one attached hydrogen (secondary N) is 1. The molecular formula is C12H15N3O. The minimum absolute atomic E-state index is 0.215. The van der Waals surface area contributed by atoms with E-state index in [-0.39, 0.29) is 5.91 Å². The van der Waals surface area contributed by atoms with Crippen LogP contribution in [0.1, 0.15) is 29.8 Å². The highest BCUT2D eigenvalue weighted by molar-refractivity contribution is 5.95. The molecule has 3 N–H and O–H groups in total. The van der Waals surface area contributed by atoms with Crippen LogP contribution >= 0.6 is 0 Å². The molecular weight excluding hydrogens is 202 g/mol. The van der Waals surface area contributed by atoms with E-state index in [1.807, 2.05) is 19.9 Å². The third kappa shape index (κ3) is 3.07. The van der Waals surface area contributed by atoms with E-state index in [9.17, 15) is 4.79 Å². The maximum Gasteiger partial charge on any atom is 0.251 e. The van der Waals surface area contributed by atoms with E-state index in [4.69, 9.17) is 11.0 Å². The quantitative estimate of drug-likeness (QED) is 0.793. The fourth-order valence-corrected chi connectivity index (χ4v) is 1.16. The van der Waals surface area contributed by atoms with Crippen LogP contribution < -0.4 is 11.1 Å². The van der Waals surface area contributed by atoms with Crippen molar-refractivity contribution in [3.8, 4) is 6.07 Å². The van der Waals surface area contributed by atoms with Gasteiger partial charge in [0, 0.05) is 17.6 Å². The average molecular weight is 217 g/mol. The summed E-state index contributed by atoms with van der Waals surface area (Å²) in [5.74, 6) is -0.215. The molecule has 0 aliphatic carbocycles. The number of nitriles is 1. The van der Waals surface area contributed by atoms with Gasteiger partial charge in [0.15, 0.2) is 0 Å². The van der Waals surface area contributed by atoms with E-state index >= 15 is 0 Å². The Morgan fingerprint density at radius 1 is 1.56 bits per heavy atom. The number of amides is 1. The molecule has 0 unspecified atom stereocenters. The molecule has 0 aliphatic heterocycles. The van der Waals surface area contributed by atoms with Crippen LogP contribution in [0, 0.1) is 11.3 Å². The smallest absolute Gasteiger partial charge is 0.251 e. The van der Waals surface area contributed by atoms with Gasteiger partial charge in [0.25, 0.3) is 5.91 Å². The van der Waals surface area contributed by atoms with Crippen molar-refractivity contribution in [3.63, 3.8) is 0 Å². The Morgan fingerprint density at radius 2 is 2.25 bits per heavy atom. The lowest BCUT2D eigenvalue weighted by atomic mass is 10.0. The van der Waals surface area contributed by atoms with Gasteiger partial charge in [0.05, 0.1) is 11.6 Å². The van der Waals surface area contributed by atoms with Gasteiger partial charge in [-0.05, 0) is 32.0 Å². The number of carbonyl (C=O) groups excluding carboxylic acids is 1. The molecule has 0 radical (unpaired) electrons. The van der Waals surface area contributed by atoms with Crippen molar-refractivity contribution in [2.75, 3.05) is 6.54 Å². The number of hydrogen-bond acceptors (Lipinski definition) is 3. The van der Waals surface area contributed by atoms with Crippen molar-refractivity contribution in [2.45, 2.75) is 19.4 Å². The minimum Gasteiger partial charge on any atom is -0.346 e. The molecule has 4 nitrogen and oxygen atoms in total. The molecule has 1 aromatic rings. The summed E-state index contributed by atoms with van der Waals surface area (Å²) in [6, 6.07) is 8.56. The molecule has 1 amide bonds. The maximum absolute atomic E-state index is 11.8. The molecule has 16 heavy (non-hydrogen) atoms. The summed E-state index contributed by atoms with van der Waals surface area (Å²) in [6.45, 7) is 4.05. The topological polar surface area (TPSA) is 78.9 Å². The van der Waals surface area contributed by atoms with Crippen molar-refractivity contribution in [1.29, 1.82) is 5.26 Å². The Balaban J connectivity index is 2.86. The van der Waals surface area contributed by atoms with Crippen molar-refractivity contribution >= 4 is 5.91 Å². The predicted molar refractivity (Wildman–Crippen MR) is 61.8 cm³/mol. The Kier molecular flexibility index (Phi) is 3.64. The van der Waals surface area contributed by atoms with Crippen LogP contribution in [-0.2, 0) is 0 Å². The second-order valence-electron chi connectivity index (χ2n) is 4.23. The van der Waals surface area contributed by atoms with Gasteiger partial charge in [-0.15, -0.1) is 0 Å². The highest BCUT2D eigenvalue weighted by Crippen LogP contribution is 2.06. The Bertz CT molecular complexity index is 432. The molecule has 4 heteroatoms. The third-order valence-electron chi connectivity index (χ3n) is 2.22. The number of rotatable bonds is 3. The summed E-state index contributed by atoms with van der Waals surface area (Å²) in [5, 5.41) is 11.5. The van der Waals surface area contributed by atoms with Gasteiger partial charge in [0.2, 0.25) is 0 Å². The zero-order valence-electron chi connectivity index (χ0n) is 9.45. The van der Waals surface area contributed by atoms with Crippen LogP contribution in [0.3, 0.4) is 0 Å². The van der Waals surface area contributed by atoms with Gasteiger partial charge in [-0.25, -0.2) is 0 Å². The summed E-state index contributed by atoms with van der Waals surface area (Å²) in [5.41, 5.74) is 6.02. The van der Waals surface area contributed by atoms with Crippen molar-refractivity contribution < 1.29 is 4.79 Å². The molecule has 0 aromatic heterocycles. The lowest BCUT2D eigenvalue weighted by Gasteiger charge is -2.24. The van der Waals surface area contributed by atoms with Gasteiger partial charge < -0.3 is 11.1 Å². The van der Waals surface area contributed by atoms with Crippen molar-refractivity contribution in [1.82, 2.24) is 5.32 Å². The second kappa shape index (κ2) is 4.77. The number of hydrogen-bond donors (Lipinski definition) is 2. The summed E-state index contributed by atoms with van der Waals surface area (Å²) in [6.07, 6.45) is 0. The molecule has 0 bridgehead atoms. The standard InChI is InChI=1S/C12H15N3O/c1-12(2,8-14)15-11(16)10-5-3-4-9(6-10)7-13/h3-6H,8,14H2,1-2H3,(H,15,16). The lowest BCUT2D eigenvalue weighted by molar-refractivity contribution is 0.0915. The summed E-state index contributed by atoms with van der Waals surface area (Å²) < 4.78 is 0. The molecule has 0 spiro atoms. The molecule has 1 rings (SSSR count). The number of carbonyl (C=O) groups is 1. The first-order valence-electron chi connectivity index (χ1n) is 5.01. The van der Waals surface area contributed by atoms with Gasteiger partial charge in [-0.2, -0.15) is 5.26 Å². The van der Waals surface area contributed by atoms with Crippen LogP contribution in [0.4, 0.5) is 0 Å². The molecule has 0 atom stereocenters. The fourth-order valence-electron chi connectivity index (χ4n) is 1.16. The average Bonchev–Trinajstić information content (AvgIpc) is 2.28. The van der Waals surface area contributed by atoms with Crippen LogP contribution in [-0.4, -0.2) is 18.0 Å². The maximum atomic E-state index is 11.8. The summed E-state index contributed by atoms with van der Waals surface area (Å²) >= 11 is 0. The van der Waals surface area contributed by atoms with Crippen LogP contribution in [0.15, 0.2) is 24.3 Å². The first-order chi connectivity index (χ1) is 7.48. The number of nitrogens with zero attached hydrogens (tertiary/aromatic N) is 1. The molecule has 0 aliphatic rings. The van der Waals surface area contributed by atoms with E-state index in [0.29, 0.717) is 17.7 Å². The Labute approximate surface area is 95.1 Å². The van der Waals surface area contributed by atoms with E-state index in [2.05, 4.69) is 5.32 Å². The van der Waals surface area contributed by atoms with E-state index in [1.54, 1.807) is 24.3 Å². The summed E-state index contributed by atoms with van der Waals surface area (Å²) in [7, 11) is 0. The lowest BCUT2D eigenvalue weighted by Crippen LogP contribution is -2.48. The summed E-state index contributed by atoms with van der Waals surface area (Å²) in [4.78, 5) is 11.8. The number of benzene rings is 1. The third-order valence-corrected chi connectivity index (χ3v) is 2.22.